The summed E-state index contributed by atoms with van der Waals surface area (Å²) in [5, 5.41) is 0. The average molecular weight is 469 g/mol. The Kier molecular flexibility index (Phi) is 7.39. The van der Waals surface area contributed by atoms with Gasteiger partial charge in [-0.15, -0.1) is 0 Å². The van der Waals surface area contributed by atoms with Crippen LogP contribution in [0.1, 0.15) is 27.9 Å². The molecule has 0 unspecified atom stereocenters. The molecule has 1 aliphatic heterocycles. The molecule has 3 rings (SSSR count). The molecule has 1 aliphatic rings. The molecule has 2 amide bonds. The maximum atomic E-state index is 12.8. The lowest BCUT2D eigenvalue weighted by Crippen LogP contribution is -2.38. The van der Waals surface area contributed by atoms with E-state index in [-0.39, 0.29) is 18.2 Å². The van der Waals surface area contributed by atoms with Crippen LogP contribution in [0.5, 0.6) is 0 Å². The van der Waals surface area contributed by atoms with Crippen molar-refractivity contribution in [2.75, 3.05) is 30.9 Å². The van der Waals surface area contributed by atoms with Crippen molar-refractivity contribution in [3.63, 3.8) is 0 Å². The summed E-state index contributed by atoms with van der Waals surface area (Å²) < 4.78 is 61.7. The smallest absolute Gasteiger partial charge is 0.341 e. The van der Waals surface area contributed by atoms with Crippen LogP contribution in [0.2, 0.25) is 0 Å². The Morgan fingerprint density at radius 3 is 2.06 bits per heavy atom. The van der Waals surface area contributed by atoms with E-state index in [0.717, 1.165) is 12.1 Å². The zero-order valence-corrected chi connectivity index (χ0v) is 17.9. The number of carbonyl (C=O) groups is 2. The maximum absolute atomic E-state index is 12.8. The van der Waals surface area contributed by atoms with E-state index in [9.17, 15) is 31.2 Å². The van der Waals surface area contributed by atoms with E-state index in [1.165, 1.54) is 36.4 Å². The monoisotopic (exact) mass is 469 g/mol. The second kappa shape index (κ2) is 10.0. The van der Waals surface area contributed by atoms with Gasteiger partial charge in [0, 0.05) is 37.4 Å². The van der Waals surface area contributed by atoms with Crippen LogP contribution in [0.4, 0.5) is 18.9 Å². The Morgan fingerprint density at radius 1 is 0.875 bits per heavy atom. The molecule has 1 saturated heterocycles. The molecular weight excluding hydrogens is 447 g/mol. The van der Waals surface area contributed by atoms with Gasteiger partial charge in [0.05, 0.1) is 12.0 Å². The van der Waals surface area contributed by atoms with Crippen LogP contribution in [0.3, 0.4) is 0 Å². The standard InChI is InChI=1S/C21H22F3N3O4S/c22-21(23,24)17-6-2-15(3-7-17)14-19(28)26-10-1-11-27(13-12-26)20(29)16-4-8-18(9-5-16)25-32(30)31/h2-9,32H,1,10-14H2,(H,25,30,31). The first-order valence-electron chi connectivity index (χ1n) is 9.88. The highest BCUT2D eigenvalue weighted by atomic mass is 32.2. The molecule has 2 aromatic rings. The third kappa shape index (κ3) is 6.22. The molecule has 0 saturated carbocycles. The Morgan fingerprint density at radius 2 is 1.47 bits per heavy atom. The van der Waals surface area contributed by atoms with Gasteiger partial charge in [0.1, 0.15) is 0 Å². The maximum Gasteiger partial charge on any atom is 0.416 e. The van der Waals surface area contributed by atoms with Crippen LogP contribution in [-0.2, 0) is 28.3 Å². The van der Waals surface area contributed by atoms with Crippen molar-refractivity contribution in [1.29, 1.82) is 0 Å². The van der Waals surface area contributed by atoms with Crippen molar-refractivity contribution in [2.24, 2.45) is 0 Å². The first-order chi connectivity index (χ1) is 15.1. The number of nitrogens with one attached hydrogen (secondary N) is 1. The molecule has 1 fully saturated rings. The number of halogens is 3. The summed E-state index contributed by atoms with van der Waals surface area (Å²) in [6.45, 7) is 1.55. The first-order valence-corrected chi connectivity index (χ1v) is 11.1. The number of benzene rings is 2. The quantitative estimate of drug-likeness (QED) is 0.659. The number of anilines is 1. The molecule has 0 bridgehead atoms. The van der Waals surface area contributed by atoms with Gasteiger partial charge in [-0.3, -0.25) is 14.3 Å². The molecule has 7 nitrogen and oxygen atoms in total. The van der Waals surface area contributed by atoms with E-state index in [1.807, 2.05) is 0 Å². The van der Waals surface area contributed by atoms with Gasteiger partial charge in [-0.1, -0.05) is 12.1 Å². The van der Waals surface area contributed by atoms with Crippen molar-refractivity contribution < 1.29 is 31.2 Å². The summed E-state index contributed by atoms with van der Waals surface area (Å²) in [4.78, 5) is 28.6. The third-order valence-electron chi connectivity index (χ3n) is 5.12. The third-order valence-corrected chi connectivity index (χ3v) is 5.57. The lowest BCUT2D eigenvalue weighted by molar-refractivity contribution is -0.137. The molecule has 0 aliphatic carbocycles. The largest absolute Gasteiger partial charge is 0.416 e. The highest BCUT2D eigenvalue weighted by Crippen LogP contribution is 2.29. The molecule has 172 valence electrons. The summed E-state index contributed by atoms with van der Waals surface area (Å²) in [7, 11) is -2.79. The van der Waals surface area contributed by atoms with Crippen LogP contribution in [0.15, 0.2) is 48.5 Å². The minimum absolute atomic E-state index is 0.0114. The zero-order chi connectivity index (χ0) is 23.3. The summed E-state index contributed by atoms with van der Waals surface area (Å²) in [5.74, 6) is -0.429. The average Bonchev–Trinajstić information content (AvgIpc) is 2.99. The Bertz CT molecular complexity index is 1030. The van der Waals surface area contributed by atoms with Crippen molar-refractivity contribution in [1.82, 2.24) is 9.80 Å². The summed E-state index contributed by atoms with van der Waals surface area (Å²) in [5.41, 5.74) is 0.492. The molecular formula is C21H22F3N3O4S. The number of alkyl halides is 3. The van der Waals surface area contributed by atoms with Crippen LogP contribution < -0.4 is 4.72 Å². The molecule has 2 aromatic carbocycles. The number of nitrogens with zero attached hydrogens (tertiary/aromatic N) is 2. The molecule has 0 aromatic heterocycles. The van der Waals surface area contributed by atoms with Crippen molar-refractivity contribution in [3.05, 3.63) is 65.2 Å². The van der Waals surface area contributed by atoms with Gasteiger partial charge in [-0.2, -0.15) is 13.2 Å². The lowest BCUT2D eigenvalue weighted by Gasteiger charge is -2.22. The topological polar surface area (TPSA) is 86.8 Å². The van der Waals surface area contributed by atoms with Crippen molar-refractivity contribution >= 4 is 28.4 Å². The number of hydrogen-bond acceptors (Lipinski definition) is 4. The first kappa shape index (κ1) is 23.6. The summed E-state index contributed by atoms with van der Waals surface area (Å²) >= 11 is 0. The summed E-state index contributed by atoms with van der Waals surface area (Å²) in [6.07, 6.45) is -3.86. The van der Waals surface area contributed by atoms with E-state index < -0.39 is 22.6 Å². The van der Waals surface area contributed by atoms with E-state index in [4.69, 9.17) is 0 Å². The lowest BCUT2D eigenvalue weighted by atomic mass is 10.1. The normalized spacial score (nSPS) is 14.9. The van der Waals surface area contributed by atoms with Crippen molar-refractivity contribution in [3.8, 4) is 0 Å². The van der Waals surface area contributed by atoms with Gasteiger partial charge in [0.25, 0.3) is 5.91 Å². The molecule has 32 heavy (non-hydrogen) atoms. The zero-order valence-electron chi connectivity index (χ0n) is 17.0. The fourth-order valence-corrected chi connectivity index (χ4v) is 3.80. The van der Waals surface area contributed by atoms with Crippen molar-refractivity contribution in [2.45, 2.75) is 19.0 Å². The molecule has 0 atom stereocenters. The van der Waals surface area contributed by atoms with Gasteiger partial charge in [-0.25, -0.2) is 8.42 Å². The second-order valence-electron chi connectivity index (χ2n) is 7.34. The number of carbonyl (C=O) groups excluding carboxylic acids is 2. The predicted octanol–water partition coefficient (Wildman–Crippen LogP) is 2.56. The minimum atomic E-state index is -4.42. The van der Waals surface area contributed by atoms with Gasteiger partial charge in [0.15, 0.2) is 0 Å². The fourth-order valence-electron chi connectivity index (χ4n) is 3.44. The van der Waals surface area contributed by atoms with Crippen LogP contribution in [-0.4, -0.2) is 56.2 Å². The minimum Gasteiger partial charge on any atom is -0.341 e. The van der Waals surface area contributed by atoms with Crippen LogP contribution in [0, 0.1) is 0 Å². The van der Waals surface area contributed by atoms with Gasteiger partial charge >= 0.3 is 6.18 Å². The fraction of sp³-hybridized carbons (Fsp3) is 0.333. The molecule has 0 radical (unpaired) electrons. The highest BCUT2D eigenvalue weighted by molar-refractivity contribution is 7.73. The van der Waals surface area contributed by atoms with E-state index >= 15 is 0 Å². The molecule has 11 heteroatoms. The van der Waals surface area contributed by atoms with Gasteiger partial charge in [-0.05, 0) is 48.4 Å². The Hall–Kier alpha value is -3.08. The SMILES string of the molecule is O=C(Cc1ccc(C(F)(F)F)cc1)N1CCCN(C(=O)c2ccc(N[SH](=O)=O)cc2)CC1. The molecule has 0 spiro atoms. The number of thiol groups is 1. The van der Waals surface area contributed by atoms with E-state index in [0.29, 0.717) is 49.4 Å². The molecule has 1 N–H and O–H groups in total. The number of amides is 2. The highest BCUT2D eigenvalue weighted by Gasteiger charge is 2.30. The Balaban J connectivity index is 1.57. The number of hydrogen-bond donors (Lipinski definition) is 2. The van der Waals surface area contributed by atoms with Gasteiger partial charge in [0.2, 0.25) is 16.8 Å². The second-order valence-corrected chi connectivity index (χ2v) is 8.08. The number of rotatable bonds is 5. The van der Waals surface area contributed by atoms with Crippen LogP contribution in [0.25, 0.3) is 0 Å². The molecule has 1 heterocycles. The van der Waals surface area contributed by atoms with E-state index in [2.05, 4.69) is 4.72 Å². The van der Waals surface area contributed by atoms with E-state index in [1.54, 1.807) is 9.80 Å². The van der Waals surface area contributed by atoms with Crippen LogP contribution >= 0.6 is 0 Å². The Labute approximate surface area is 184 Å². The summed E-state index contributed by atoms with van der Waals surface area (Å²) in [6, 6.07) is 10.6. The predicted molar refractivity (Wildman–Crippen MR) is 113 cm³/mol. The van der Waals surface area contributed by atoms with Gasteiger partial charge < -0.3 is 9.80 Å².